The van der Waals surface area contributed by atoms with E-state index >= 15 is 0 Å². The molecule has 0 amide bonds. The van der Waals surface area contributed by atoms with Gasteiger partial charge in [0.1, 0.15) is 0 Å². The van der Waals surface area contributed by atoms with Crippen LogP contribution in [0.3, 0.4) is 0 Å². The Morgan fingerprint density at radius 1 is 1.31 bits per heavy atom. The maximum atomic E-state index is 6.18. The average molecular weight is 249 g/mol. The van der Waals surface area contributed by atoms with Gasteiger partial charge in [0.15, 0.2) is 4.96 Å². The molecule has 0 aliphatic carbocycles. The molecule has 0 N–H and O–H groups in total. The predicted molar refractivity (Wildman–Crippen MR) is 68.3 cm³/mol. The number of rotatable bonds is 1. The Labute approximate surface area is 102 Å². The van der Waals surface area contributed by atoms with Crippen LogP contribution in [0, 0.1) is 6.92 Å². The van der Waals surface area contributed by atoms with Crippen molar-refractivity contribution in [2.75, 3.05) is 0 Å². The van der Waals surface area contributed by atoms with E-state index in [9.17, 15) is 0 Å². The van der Waals surface area contributed by atoms with E-state index in [1.54, 1.807) is 11.3 Å². The Bertz CT molecular complexity index is 654. The molecule has 3 aromatic rings. The summed E-state index contributed by atoms with van der Waals surface area (Å²) in [5.41, 5.74) is 3.10. The summed E-state index contributed by atoms with van der Waals surface area (Å²) in [5.74, 6) is 0. The first-order valence-corrected chi connectivity index (χ1v) is 6.20. The topological polar surface area (TPSA) is 17.3 Å². The van der Waals surface area contributed by atoms with Crippen molar-refractivity contribution in [3.8, 4) is 11.3 Å². The van der Waals surface area contributed by atoms with Crippen molar-refractivity contribution in [2.45, 2.75) is 6.92 Å². The first-order chi connectivity index (χ1) is 7.77. The summed E-state index contributed by atoms with van der Waals surface area (Å²) in [4.78, 5) is 5.61. The zero-order valence-electron chi connectivity index (χ0n) is 8.64. The second-order valence-corrected chi connectivity index (χ2v) is 4.86. The number of hydrogen-bond donors (Lipinski definition) is 0. The zero-order valence-corrected chi connectivity index (χ0v) is 10.2. The lowest BCUT2D eigenvalue weighted by Crippen LogP contribution is -1.84. The van der Waals surface area contributed by atoms with Crippen LogP contribution in [0.15, 0.2) is 35.8 Å². The van der Waals surface area contributed by atoms with Crippen LogP contribution in [0.5, 0.6) is 0 Å². The van der Waals surface area contributed by atoms with E-state index in [1.807, 2.05) is 35.8 Å². The van der Waals surface area contributed by atoms with Gasteiger partial charge in [-0.25, -0.2) is 4.98 Å². The second kappa shape index (κ2) is 3.61. The van der Waals surface area contributed by atoms with E-state index in [-0.39, 0.29) is 0 Å². The molecule has 0 aliphatic heterocycles. The van der Waals surface area contributed by atoms with Gasteiger partial charge in [-0.05, 0) is 13.0 Å². The third-order valence-electron chi connectivity index (χ3n) is 2.63. The fourth-order valence-electron chi connectivity index (χ4n) is 1.81. The van der Waals surface area contributed by atoms with E-state index in [0.29, 0.717) is 0 Å². The minimum atomic E-state index is 0.747. The van der Waals surface area contributed by atoms with Crippen LogP contribution in [0.2, 0.25) is 5.02 Å². The minimum Gasteiger partial charge on any atom is -0.294 e. The molecule has 2 nitrogen and oxygen atoms in total. The number of nitrogens with zero attached hydrogens (tertiary/aromatic N) is 2. The molecule has 0 atom stereocenters. The molecule has 4 heteroatoms. The van der Waals surface area contributed by atoms with Crippen molar-refractivity contribution >= 4 is 27.9 Å². The SMILES string of the molecule is Cc1c(-c2ccccc2Cl)nc2sccn12. The molecule has 0 bridgehead atoms. The van der Waals surface area contributed by atoms with Gasteiger partial charge in [-0.3, -0.25) is 4.40 Å². The van der Waals surface area contributed by atoms with Crippen molar-refractivity contribution < 1.29 is 0 Å². The predicted octanol–water partition coefficient (Wildman–Crippen LogP) is 4.02. The highest BCUT2D eigenvalue weighted by molar-refractivity contribution is 7.15. The molecule has 2 heterocycles. The highest BCUT2D eigenvalue weighted by atomic mass is 35.5. The Balaban J connectivity index is 2.30. The van der Waals surface area contributed by atoms with E-state index in [4.69, 9.17) is 11.6 Å². The van der Waals surface area contributed by atoms with Crippen LogP contribution in [-0.2, 0) is 0 Å². The fourth-order valence-corrected chi connectivity index (χ4v) is 2.79. The molecular weight excluding hydrogens is 240 g/mol. The molecule has 16 heavy (non-hydrogen) atoms. The number of aromatic nitrogens is 2. The summed E-state index contributed by atoms with van der Waals surface area (Å²) in [6.45, 7) is 2.06. The lowest BCUT2D eigenvalue weighted by Gasteiger charge is -2.01. The molecule has 0 aliphatic rings. The third-order valence-corrected chi connectivity index (χ3v) is 3.72. The van der Waals surface area contributed by atoms with Crippen LogP contribution in [0.25, 0.3) is 16.2 Å². The number of fused-ring (bicyclic) bond motifs is 1. The summed E-state index contributed by atoms with van der Waals surface area (Å²) < 4.78 is 2.09. The van der Waals surface area contributed by atoms with Gasteiger partial charge in [0.2, 0.25) is 0 Å². The van der Waals surface area contributed by atoms with Gasteiger partial charge < -0.3 is 0 Å². The Kier molecular flexibility index (Phi) is 2.23. The van der Waals surface area contributed by atoms with Crippen LogP contribution >= 0.6 is 22.9 Å². The van der Waals surface area contributed by atoms with E-state index in [2.05, 4.69) is 16.3 Å². The largest absolute Gasteiger partial charge is 0.294 e. The molecule has 0 radical (unpaired) electrons. The Morgan fingerprint density at radius 2 is 2.12 bits per heavy atom. The zero-order chi connectivity index (χ0) is 11.1. The maximum Gasteiger partial charge on any atom is 0.194 e. The lowest BCUT2D eigenvalue weighted by molar-refractivity contribution is 1.14. The number of aryl methyl sites for hydroxylation is 1. The van der Waals surface area contributed by atoms with Crippen LogP contribution in [-0.4, -0.2) is 9.38 Å². The second-order valence-electron chi connectivity index (χ2n) is 3.58. The molecule has 0 saturated heterocycles. The number of hydrogen-bond acceptors (Lipinski definition) is 2. The summed E-state index contributed by atoms with van der Waals surface area (Å²) >= 11 is 7.81. The average Bonchev–Trinajstić information content (AvgIpc) is 2.83. The Morgan fingerprint density at radius 3 is 2.88 bits per heavy atom. The Hall–Kier alpha value is -1.32. The standard InChI is InChI=1S/C12H9ClN2S/c1-8-11(9-4-2-3-5-10(9)13)14-12-15(8)6-7-16-12/h2-7H,1H3. The molecule has 0 saturated carbocycles. The van der Waals surface area contributed by atoms with Crippen molar-refractivity contribution in [3.05, 3.63) is 46.6 Å². The van der Waals surface area contributed by atoms with Crippen molar-refractivity contribution in [1.82, 2.24) is 9.38 Å². The number of thiazole rings is 1. The molecule has 2 aromatic heterocycles. The number of benzene rings is 1. The van der Waals surface area contributed by atoms with Gasteiger partial charge in [0.05, 0.1) is 10.7 Å². The monoisotopic (exact) mass is 248 g/mol. The van der Waals surface area contributed by atoms with Crippen molar-refractivity contribution in [1.29, 1.82) is 0 Å². The molecule has 0 unspecified atom stereocenters. The van der Waals surface area contributed by atoms with Gasteiger partial charge in [0, 0.05) is 22.8 Å². The first kappa shape index (κ1) is 9.87. The van der Waals surface area contributed by atoms with Gasteiger partial charge in [0.25, 0.3) is 0 Å². The smallest absolute Gasteiger partial charge is 0.194 e. The summed E-state index contributed by atoms with van der Waals surface area (Å²) in [7, 11) is 0. The van der Waals surface area contributed by atoms with Crippen LogP contribution in [0.4, 0.5) is 0 Å². The summed E-state index contributed by atoms with van der Waals surface area (Å²) in [6, 6.07) is 7.80. The molecule has 80 valence electrons. The summed E-state index contributed by atoms with van der Waals surface area (Å²) in [5, 5.41) is 2.78. The number of imidazole rings is 1. The van der Waals surface area contributed by atoms with Gasteiger partial charge in [-0.1, -0.05) is 29.8 Å². The van der Waals surface area contributed by atoms with Gasteiger partial charge in [-0.2, -0.15) is 0 Å². The van der Waals surface area contributed by atoms with Gasteiger partial charge >= 0.3 is 0 Å². The van der Waals surface area contributed by atoms with Crippen molar-refractivity contribution in [2.24, 2.45) is 0 Å². The first-order valence-electron chi connectivity index (χ1n) is 4.94. The van der Waals surface area contributed by atoms with E-state index in [1.165, 1.54) is 0 Å². The molecule has 1 aromatic carbocycles. The minimum absolute atomic E-state index is 0.747. The highest BCUT2D eigenvalue weighted by Crippen LogP contribution is 2.30. The van der Waals surface area contributed by atoms with E-state index < -0.39 is 0 Å². The molecule has 0 spiro atoms. The normalized spacial score (nSPS) is 11.1. The van der Waals surface area contributed by atoms with Gasteiger partial charge in [-0.15, -0.1) is 11.3 Å². The maximum absolute atomic E-state index is 6.18. The van der Waals surface area contributed by atoms with Crippen LogP contribution in [0.1, 0.15) is 5.69 Å². The van der Waals surface area contributed by atoms with Crippen molar-refractivity contribution in [3.63, 3.8) is 0 Å². The number of halogens is 1. The molecule has 0 fully saturated rings. The highest BCUT2D eigenvalue weighted by Gasteiger charge is 2.12. The third kappa shape index (κ3) is 1.36. The fraction of sp³-hybridized carbons (Fsp3) is 0.0833. The quantitative estimate of drug-likeness (QED) is 0.636. The molecular formula is C12H9ClN2S. The van der Waals surface area contributed by atoms with E-state index in [0.717, 1.165) is 26.9 Å². The summed E-state index contributed by atoms with van der Waals surface area (Å²) in [6.07, 6.45) is 2.03. The van der Waals surface area contributed by atoms with Crippen LogP contribution < -0.4 is 0 Å². The lowest BCUT2D eigenvalue weighted by atomic mass is 10.1. The molecule has 3 rings (SSSR count).